The van der Waals surface area contributed by atoms with E-state index in [1.165, 1.54) is 0 Å². The smallest absolute Gasteiger partial charge is 0.252 e. The molecule has 2 saturated carbocycles. The highest BCUT2D eigenvalue weighted by Gasteiger charge is 2.32. The van der Waals surface area contributed by atoms with Gasteiger partial charge in [0.25, 0.3) is 5.91 Å². The van der Waals surface area contributed by atoms with Gasteiger partial charge in [-0.25, -0.2) is 9.67 Å². The first-order chi connectivity index (χ1) is 13.7. The quantitative estimate of drug-likeness (QED) is 0.757. The second kappa shape index (κ2) is 7.38. The van der Waals surface area contributed by atoms with Gasteiger partial charge in [0.1, 0.15) is 0 Å². The molecule has 0 unspecified atom stereocenters. The zero-order valence-electron chi connectivity index (χ0n) is 18.2. The predicted molar refractivity (Wildman–Crippen MR) is 114 cm³/mol. The Balaban J connectivity index is 1.68. The molecule has 0 aromatic carbocycles. The summed E-state index contributed by atoms with van der Waals surface area (Å²) in [5.41, 5.74) is 2.23. The molecule has 6 nitrogen and oxygen atoms in total. The molecule has 0 radical (unpaired) electrons. The van der Waals surface area contributed by atoms with Crippen LogP contribution in [0.4, 0.5) is 0 Å². The highest BCUT2D eigenvalue weighted by molar-refractivity contribution is 6.06. The molecule has 2 aromatic rings. The first kappa shape index (κ1) is 20.3. The summed E-state index contributed by atoms with van der Waals surface area (Å²) in [4.78, 5) is 18.2. The first-order valence-electron chi connectivity index (χ1n) is 11.1. The number of hydrogen-bond acceptors (Lipinski definition) is 4. The molecule has 2 fully saturated rings. The van der Waals surface area contributed by atoms with Crippen LogP contribution in [0, 0.1) is 6.92 Å². The van der Waals surface area contributed by atoms with E-state index in [-0.39, 0.29) is 11.4 Å². The maximum absolute atomic E-state index is 13.2. The lowest BCUT2D eigenvalue weighted by atomic mass is 9.94. The van der Waals surface area contributed by atoms with Crippen LogP contribution in [0.5, 0.6) is 0 Å². The Morgan fingerprint density at radius 2 is 1.90 bits per heavy atom. The summed E-state index contributed by atoms with van der Waals surface area (Å²) in [6, 6.07) is 1.95. The lowest BCUT2D eigenvalue weighted by molar-refractivity contribution is 0.0246. The molecule has 2 aliphatic carbocycles. The van der Waals surface area contributed by atoms with E-state index >= 15 is 0 Å². The fourth-order valence-electron chi connectivity index (χ4n) is 4.45. The Hall–Kier alpha value is -1.95. The van der Waals surface area contributed by atoms with Crippen LogP contribution in [0.3, 0.4) is 0 Å². The van der Waals surface area contributed by atoms with Gasteiger partial charge in [0.2, 0.25) is 0 Å². The largest absolute Gasteiger partial charge is 0.388 e. The van der Waals surface area contributed by atoms with Crippen LogP contribution in [0.1, 0.15) is 99.8 Å². The van der Waals surface area contributed by atoms with E-state index in [4.69, 9.17) is 10.1 Å². The summed E-state index contributed by atoms with van der Waals surface area (Å²) in [6.07, 6.45) is 8.14. The lowest BCUT2D eigenvalue weighted by Crippen LogP contribution is -2.42. The number of aromatic nitrogens is 3. The minimum Gasteiger partial charge on any atom is -0.388 e. The Bertz CT molecular complexity index is 913. The second-order valence-electron chi connectivity index (χ2n) is 10.1. The monoisotopic (exact) mass is 398 g/mol. The summed E-state index contributed by atoms with van der Waals surface area (Å²) < 4.78 is 1.94. The van der Waals surface area contributed by atoms with Crippen molar-refractivity contribution in [3.05, 3.63) is 23.0 Å². The van der Waals surface area contributed by atoms with Gasteiger partial charge in [-0.15, -0.1) is 0 Å². The molecule has 0 atom stereocenters. The molecule has 2 N–H and O–H groups in total. The summed E-state index contributed by atoms with van der Waals surface area (Å²) in [5.74, 6) is 0.314. The van der Waals surface area contributed by atoms with Gasteiger partial charge < -0.3 is 10.4 Å². The van der Waals surface area contributed by atoms with E-state index in [2.05, 4.69) is 26.1 Å². The van der Waals surface area contributed by atoms with Gasteiger partial charge in [-0.2, -0.15) is 5.10 Å². The number of amides is 1. The maximum Gasteiger partial charge on any atom is 0.252 e. The Morgan fingerprint density at radius 3 is 2.48 bits per heavy atom. The summed E-state index contributed by atoms with van der Waals surface area (Å²) in [5, 5.41) is 19.5. The molecule has 0 spiro atoms. The Morgan fingerprint density at radius 1 is 1.24 bits per heavy atom. The van der Waals surface area contributed by atoms with Crippen molar-refractivity contribution < 1.29 is 9.90 Å². The van der Waals surface area contributed by atoms with Gasteiger partial charge in [0, 0.05) is 18.2 Å². The number of carbonyl (C=O) groups excluding carboxylic acids is 1. The van der Waals surface area contributed by atoms with E-state index in [0.717, 1.165) is 73.8 Å². The van der Waals surface area contributed by atoms with Crippen LogP contribution in [0.25, 0.3) is 11.0 Å². The van der Waals surface area contributed by atoms with Crippen molar-refractivity contribution in [1.29, 1.82) is 0 Å². The van der Waals surface area contributed by atoms with Crippen LogP contribution in [0.2, 0.25) is 0 Å². The van der Waals surface area contributed by atoms with E-state index < -0.39 is 5.60 Å². The molecule has 0 aliphatic heterocycles. The third-order valence-corrected chi connectivity index (χ3v) is 6.32. The van der Waals surface area contributed by atoms with Crippen LogP contribution < -0.4 is 5.32 Å². The zero-order chi connectivity index (χ0) is 20.8. The molecule has 2 aliphatic rings. The van der Waals surface area contributed by atoms with Crippen molar-refractivity contribution >= 4 is 16.9 Å². The third-order valence-electron chi connectivity index (χ3n) is 6.32. The van der Waals surface area contributed by atoms with Crippen LogP contribution in [-0.2, 0) is 5.54 Å². The number of fused-ring (bicyclic) bond motifs is 1. The fourth-order valence-corrected chi connectivity index (χ4v) is 4.45. The van der Waals surface area contributed by atoms with Crippen molar-refractivity contribution in [3.63, 3.8) is 0 Å². The van der Waals surface area contributed by atoms with Crippen molar-refractivity contribution in [3.8, 4) is 0 Å². The number of nitrogens with one attached hydrogen (secondary N) is 1. The van der Waals surface area contributed by atoms with Crippen LogP contribution >= 0.6 is 0 Å². The number of carbonyl (C=O) groups is 1. The van der Waals surface area contributed by atoms with Gasteiger partial charge in [0.05, 0.1) is 27.8 Å². The summed E-state index contributed by atoms with van der Waals surface area (Å²) >= 11 is 0. The van der Waals surface area contributed by atoms with Crippen molar-refractivity contribution in [1.82, 2.24) is 20.1 Å². The molecule has 0 bridgehead atoms. The SMILES string of the molecule is Cc1nn(C(C)(C)C)c2nc(C3CC3)cc(C(=O)NCC3(O)CCCCCC3)c12. The van der Waals surface area contributed by atoms with Gasteiger partial charge in [-0.3, -0.25) is 4.79 Å². The van der Waals surface area contributed by atoms with E-state index in [9.17, 15) is 9.90 Å². The summed E-state index contributed by atoms with van der Waals surface area (Å²) in [7, 11) is 0. The fraction of sp³-hybridized carbons (Fsp3) is 0.696. The molecule has 29 heavy (non-hydrogen) atoms. The molecule has 0 saturated heterocycles. The summed E-state index contributed by atoms with van der Waals surface area (Å²) in [6.45, 7) is 8.56. The number of aryl methyl sites for hydroxylation is 1. The first-order valence-corrected chi connectivity index (χ1v) is 11.1. The zero-order valence-corrected chi connectivity index (χ0v) is 18.2. The average molecular weight is 399 g/mol. The van der Waals surface area contributed by atoms with E-state index in [1.807, 2.05) is 17.7 Å². The molecule has 158 valence electrons. The molecular formula is C23H34N4O2. The molecule has 6 heteroatoms. The maximum atomic E-state index is 13.2. The van der Waals surface area contributed by atoms with Gasteiger partial charge >= 0.3 is 0 Å². The predicted octanol–water partition coefficient (Wildman–Crippen LogP) is 4.19. The second-order valence-corrected chi connectivity index (χ2v) is 10.1. The van der Waals surface area contributed by atoms with Crippen molar-refractivity contribution in [2.75, 3.05) is 6.54 Å². The van der Waals surface area contributed by atoms with E-state index in [1.54, 1.807) is 0 Å². The molecular weight excluding hydrogens is 364 g/mol. The van der Waals surface area contributed by atoms with Crippen molar-refractivity contribution in [2.24, 2.45) is 0 Å². The molecule has 4 rings (SSSR count). The highest BCUT2D eigenvalue weighted by atomic mass is 16.3. The normalized spacial score (nSPS) is 19.9. The number of pyridine rings is 1. The Labute approximate surface area is 173 Å². The van der Waals surface area contributed by atoms with Gasteiger partial charge in [0.15, 0.2) is 5.65 Å². The average Bonchev–Trinajstić information content (AvgIpc) is 3.47. The van der Waals surface area contributed by atoms with Crippen LogP contribution in [-0.4, -0.2) is 37.9 Å². The van der Waals surface area contributed by atoms with E-state index in [0.29, 0.717) is 18.0 Å². The lowest BCUT2D eigenvalue weighted by Gasteiger charge is -2.27. The Kier molecular flexibility index (Phi) is 5.18. The number of nitrogens with zero attached hydrogens (tertiary/aromatic N) is 3. The third kappa shape index (κ3) is 4.18. The topological polar surface area (TPSA) is 80.0 Å². The molecule has 2 heterocycles. The number of rotatable bonds is 4. The molecule has 2 aromatic heterocycles. The van der Waals surface area contributed by atoms with Crippen LogP contribution in [0.15, 0.2) is 6.07 Å². The number of aliphatic hydroxyl groups is 1. The highest BCUT2D eigenvalue weighted by Crippen LogP contribution is 2.41. The minimum atomic E-state index is -0.789. The molecule has 1 amide bonds. The van der Waals surface area contributed by atoms with Crippen molar-refractivity contribution in [2.45, 2.75) is 96.1 Å². The van der Waals surface area contributed by atoms with Gasteiger partial charge in [-0.1, -0.05) is 25.7 Å². The minimum absolute atomic E-state index is 0.131. The number of hydrogen-bond donors (Lipinski definition) is 2. The standard InChI is InChI=1S/C23H34N4O2/c1-15-19-17(21(28)24-14-23(29)11-7-5-6-8-12-23)13-18(16-9-10-16)25-20(19)27(26-15)22(2,3)4/h13,16,29H,5-12,14H2,1-4H3,(H,24,28). The van der Waals surface area contributed by atoms with Gasteiger partial charge in [-0.05, 0) is 59.4 Å².